The molecule has 1 nitrogen and oxygen atoms in total. The van der Waals surface area contributed by atoms with Crippen molar-refractivity contribution < 1.29 is 0 Å². The van der Waals surface area contributed by atoms with E-state index in [4.69, 9.17) is 0 Å². The van der Waals surface area contributed by atoms with Crippen molar-refractivity contribution in [3.05, 3.63) is 20.3 Å². The quantitative estimate of drug-likeness (QED) is 0.847. The fourth-order valence-electron chi connectivity index (χ4n) is 3.05. The molecule has 0 aromatic carbocycles. The van der Waals surface area contributed by atoms with Gasteiger partial charge in [-0.15, -0.1) is 11.3 Å². The highest BCUT2D eigenvalue weighted by molar-refractivity contribution is 9.11. The van der Waals surface area contributed by atoms with Gasteiger partial charge in [-0.25, -0.2) is 0 Å². The average molecular weight is 346 g/mol. The molecule has 0 radical (unpaired) electrons. The Hall–Kier alpha value is 0.490. The molecule has 1 saturated heterocycles. The molecule has 18 heavy (non-hydrogen) atoms. The lowest BCUT2D eigenvalue weighted by Crippen LogP contribution is -2.36. The summed E-state index contributed by atoms with van der Waals surface area (Å²) in [5.41, 5.74) is 1.56. The van der Waals surface area contributed by atoms with Crippen LogP contribution in [-0.2, 0) is 6.42 Å². The largest absolute Gasteiger partial charge is 0.309 e. The lowest BCUT2D eigenvalue weighted by Gasteiger charge is -2.29. The summed E-state index contributed by atoms with van der Waals surface area (Å²) in [6.07, 6.45) is 6.68. The summed E-state index contributed by atoms with van der Waals surface area (Å²) in [5, 5.41) is 3.84. The Bertz CT molecular complexity index is 423. The Kier molecular flexibility index (Phi) is 4.09. The first kappa shape index (κ1) is 13.5. The van der Waals surface area contributed by atoms with Crippen LogP contribution in [0.1, 0.15) is 49.1 Å². The maximum atomic E-state index is 3.84. The summed E-state index contributed by atoms with van der Waals surface area (Å²) >= 11 is 7.71. The number of hydrogen-bond donors (Lipinski definition) is 1. The van der Waals surface area contributed by atoms with Gasteiger partial charge in [0.1, 0.15) is 0 Å². The smallest absolute Gasteiger partial charge is 0.0704 e. The van der Waals surface area contributed by atoms with Gasteiger partial charge in [0.2, 0.25) is 0 Å². The van der Waals surface area contributed by atoms with Gasteiger partial charge >= 0.3 is 0 Å². The number of rotatable bonds is 3. The minimum Gasteiger partial charge on any atom is -0.309 e. The molecule has 1 aromatic heterocycles. The molecule has 1 fully saturated rings. The molecule has 2 atom stereocenters. The molecule has 0 saturated carbocycles. The van der Waals surface area contributed by atoms with Gasteiger partial charge in [0.25, 0.3) is 0 Å². The summed E-state index contributed by atoms with van der Waals surface area (Å²) < 4.78 is 1.77. The van der Waals surface area contributed by atoms with Gasteiger partial charge in [0, 0.05) is 22.2 Å². The van der Waals surface area contributed by atoms with E-state index in [1.54, 1.807) is 10.4 Å². The first-order valence-electron chi connectivity index (χ1n) is 6.82. The minimum absolute atomic E-state index is 0.477. The van der Waals surface area contributed by atoms with E-state index in [1.807, 2.05) is 11.3 Å². The van der Waals surface area contributed by atoms with E-state index in [-0.39, 0.29) is 0 Å². The molecule has 100 valence electrons. The Labute approximate surface area is 126 Å². The van der Waals surface area contributed by atoms with Crippen molar-refractivity contribution in [2.45, 2.75) is 49.8 Å². The zero-order chi connectivity index (χ0) is 12.6. The van der Waals surface area contributed by atoms with Crippen molar-refractivity contribution in [1.29, 1.82) is 0 Å². The van der Waals surface area contributed by atoms with Gasteiger partial charge in [-0.05, 0) is 72.3 Å². The van der Waals surface area contributed by atoms with E-state index >= 15 is 0 Å². The summed E-state index contributed by atoms with van der Waals surface area (Å²) in [7, 11) is 0. The normalized spacial score (nSPS) is 31.6. The standard InChI is InChI=1S/C14H20BrNS2/c1-14(6-3-7-17-14)9-16-11-4-2-5-12-10(11)8-13(15)18-12/h8,11,16H,2-7,9H2,1H3. The Morgan fingerprint density at radius 2 is 2.39 bits per heavy atom. The van der Waals surface area contributed by atoms with Gasteiger partial charge in [-0.2, -0.15) is 11.8 Å². The zero-order valence-corrected chi connectivity index (χ0v) is 14.0. The fourth-order valence-corrected chi connectivity index (χ4v) is 6.12. The highest BCUT2D eigenvalue weighted by Crippen LogP contribution is 2.40. The minimum atomic E-state index is 0.477. The monoisotopic (exact) mass is 345 g/mol. The van der Waals surface area contributed by atoms with Crippen molar-refractivity contribution in [1.82, 2.24) is 5.32 Å². The van der Waals surface area contributed by atoms with Crippen LogP contribution in [0.3, 0.4) is 0 Å². The summed E-state index contributed by atoms with van der Waals surface area (Å²) in [4.78, 5) is 1.59. The second kappa shape index (κ2) is 5.47. The molecular formula is C14H20BrNS2. The van der Waals surface area contributed by atoms with Gasteiger partial charge in [-0.1, -0.05) is 0 Å². The van der Waals surface area contributed by atoms with E-state index in [0.29, 0.717) is 10.8 Å². The third kappa shape index (κ3) is 2.82. The summed E-state index contributed by atoms with van der Waals surface area (Å²) in [5.74, 6) is 1.35. The van der Waals surface area contributed by atoms with Gasteiger partial charge in [0.15, 0.2) is 0 Å². The third-order valence-electron chi connectivity index (χ3n) is 4.11. The molecule has 1 aromatic rings. The second-order valence-electron chi connectivity index (χ2n) is 5.66. The van der Waals surface area contributed by atoms with Crippen molar-refractivity contribution in [2.24, 2.45) is 0 Å². The van der Waals surface area contributed by atoms with Crippen LogP contribution in [0.15, 0.2) is 9.85 Å². The number of thiophene rings is 1. The van der Waals surface area contributed by atoms with Crippen LogP contribution in [0.4, 0.5) is 0 Å². The number of nitrogens with one attached hydrogen (secondary N) is 1. The Morgan fingerprint density at radius 3 is 3.17 bits per heavy atom. The van der Waals surface area contributed by atoms with Crippen LogP contribution in [0, 0.1) is 0 Å². The van der Waals surface area contributed by atoms with E-state index in [9.17, 15) is 0 Å². The number of fused-ring (bicyclic) bond motifs is 1. The molecule has 2 heterocycles. The number of thioether (sulfide) groups is 1. The van der Waals surface area contributed by atoms with Gasteiger partial charge in [0.05, 0.1) is 3.79 Å². The van der Waals surface area contributed by atoms with Crippen LogP contribution >= 0.6 is 39.0 Å². The maximum absolute atomic E-state index is 3.84. The molecule has 1 N–H and O–H groups in total. The second-order valence-corrected chi connectivity index (χ2v) is 9.86. The van der Waals surface area contributed by atoms with Gasteiger partial charge < -0.3 is 5.32 Å². The molecule has 0 bridgehead atoms. The average Bonchev–Trinajstić information content (AvgIpc) is 2.92. The highest BCUT2D eigenvalue weighted by Gasteiger charge is 2.31. The Balaban J connectivity index is 1.67. The topological polar surface area (TPSA) is 12.0 Å². The highest BCUT2D eigenvalue weighted by atomic mass is 79.9. The molecule has 1 aliphatic carbocycles. The van der Waals surface area contributed by atoms with Crippen LogP contribution in [0.5, 0.6) is 0 Å². The van der Waals surface area contributed by atoms with Crippen molar-refractivity contribution in [2.75, 3.05) is 12.3 Å². The van der Waals surface area contributed by atoms with E-state index in [0.717, 1.165) is 6.54 Å². The molecule has 2 aliphatic rings. The first-order valence-corrected chi connectivity index (χ1v) is 9.41. The number of aryl methyl sites for hydroxylation is 1. The van der Waals surface area contributed by atoms with E-state index < -0.39 is 0 Å². The molecule has 4 heteroatoms. The fraction of sp³-hybridized carbons (Fsp3) is 0.714. The summed E-state index contributed by atoms with van der Waals surface area (Å²) in [6, 6.07) is 2.93. The number of hydrogen-bond acceptors (Lipinski definition) is 3. The van der Waals surface area contributed by atoms with Crippen LogP contribution in [0.2, 0.25) is 0 Å². The SMILES string of the molecule is CC1(CNC2CCCc3sc(Br)cc32)CCCS1. The number of halogens is 1. The molecular weight excluding hydrogens is 326 g/mol. The predicted molar refractivity (Wildman–Crippen MR) is 85.8 cm³/mol. The van der Waals surface area contributed by atoms with Gasteiger partial charge in [-0.3, -0.25) is 0 Å². The molecule has 2 unspecified atom stereocenters. The molecule has 0 spiro atoms. The van der Waals surface area contributed by atoms with Crippen LogP contribution in [0.25, 0.3) is 0 Å². The predicted octanol–water partition coefficient (Wildman–Crippen LogP) is 4.76. The van der Waals surface area contributed by atoms with Crippen LogP contribution in [-0.4, -0.2) is 17.0 Å². The lowest BCUT2D eigenvalue weighted by molar-refractivity contribution is 0.429. The van der Waals surface area contributed by atoms with Crippen molar-refractivity contribution in [3.63, 3.8) is 0 Å². The van der Waals surface area contributed by atoms with E-state index in [1.165, 1.54) is 41.6 Å². The molecule has 1 aliphatic heterocycles. The molecule has 0 amide bonds. The Morgan fingerprint density at radius 1 is 1.50 bits per heavy atom. The van der Waals surface area contributed by atoms with Crippen LogP contribution < -0.4 is 5.32 Å². The lowest BCUT2D eigenvalue weighted by atomic mass is 9.93. The molecule has 3 rings (SSSR count). The zero-order valence-electron chi connectivity index (χ0n) is 10.8. The first-order chi connectivity index (χ1) is 8.66. The van der Waals surface area contributed by atoms with Crippen molar-refractivity contribution >= 4 is 39.0 Å². The maximum Gasteiger partial charge on any atom is 0.0704 e. The van der Waals surface area contributed by atoms with Crippen molar-refractivity contribution in [3.8, 4) is 0 Å². The third-order valence-corrected chi connectivity index (χ3v) is 7.36. The summed E-state index contributed by atoms with van der Waals surface area (Å²) in [6.45, 7) is 3.58. The van der Waals surface area contributed by atoms with E-state index in [2.05, 4.69) is 46.0 Å².